The first-order valence-electron chi connectivity index (χ1n) is 7.84. The van der Waals surface area contributed by atoms with Crippen molar-refractivity contribution in [2.75, 3.05) is 32.5 Å². The first kappa shape index (κ1) is 17.9. The van der Waals surface area contributed by atoms with Gasteiger partial charge in [-0.3, -0.25) is 4.79 Å². The third-order valence-electron chi connectivity index (χ3n) is 4.10. The quantitative estimate of drug-likeness (QED) is 0.795. The van der Waals surface area contributed by atoms with Gasteiger partial charge in [-0.05, 0) is 43.5 Å². The van der Waals surface area contributed by atoms with E-state index in [0.29, 0.717) is 5.56 Å². The molecule has 0 aromatic heterocycles. The molecular weight excluding hydrogens is 316 g/mol. The fourth-order valence-corrected chi connectivity index (χ4v) is 3.35. The molecule has 1 heterocycles. The fourth-order valence-electron chi connectivity index (χ4n) is 2.72. The summed E-state index contributed by atoms with van der Waals surface area (Å²) < 4.78 is 22.8. The molecule has 0 spiro atoms. The van der Waals surface area contributed by atoms with Crippen LogP contribution in [0.3, 0.4) is 0 Å². The Kier molecular flexibility index (Phi) is 6.15. The summed E-state index contributed by atoms with van der Waals surface area (Å²) in [5, 5.41) is 11.8. The molecule has 1 saturated heterocycles. The predicted octanol–water partition coefficient (Wildman–Crippen LogP) is 0.667. The fraction of sp³-hybridized carbons (Fsp3) is 0.562. The van der Waals surface area contributed by atoms with Crippen molar-refractivity contribution in [1.82, 2.24) is 10.2 Å². The van der Waals surface area contributed by atoms with Crippen molar-refractivity contribution < 1.29 is 18.3 Å². The molecule has 1 amide bonds. The summed E-state index contributed by atoms with van der Waals surface area (Å²) in [6.07, 6.45) is 3.70. The van der Waals surface area contributed by atoms with Crippen molar-refractivity contribution in [3.63, 3.8) is 0 Å². The van der Waals surface area contributed by atoms with Crippen LogP contribution in [0, 0.1) is 0 Å². The second kappa shape index (κ2) is 7.90. The molecular formula is C16H24N2O4S. The Morgan fingerprint density at radius 1 is 1.26 bits per heavy atom. The van der Waals surface area contributed by atoms with Crippen LogP contribution in [0.15, 0.2) is 29.2 Å². The maximum Gasteiger partial charge on any atom is 0.251 e. The normalized spacial score (nSPS) is 17.1. The van der Waals surface area contributed by atoms with Crippen LogP contribution in [-0.4, -0.2) is 62.9 Å². The van der Waals surface area contributed by atoms with Crippen LogP contribution in [0.25, 0.3) is 0 Å². The van der Waals surface area contributed by atoms with Crippen LogP contribution < -0.4 is 5.32 Å². The van der Waals surface area contributed by atoms with E-state index in [1.165, 1.54) is 12.1 Å². The standard InChI is InChI=1S/C16H24N2O4S/c1-23(21,22)15-5-3-13(4-6-15)16(20)17-14-7-10-18(11-8-14)9-2-12-19/h3-6,14,19H,2,7-12H2,1H3,(H,17,20). The SMILES string of the molecule is CS(=O)(=O)c1ccc(C(=O)NC2CCN(CCCO)CC2)cc1. The maximum atomic E-state index is 12.2. The van der Waals surface area contributed by atoms with Crippen molar-refractivity contribution in [1.29, 1.82) is 0 Å². The van der Waals surface area contributed by atoms with Crippen LogP contribution in [0.2, 0.25) is 0 Å². The molecule has 1 aromatic rings. The van der Waals surface area contributed by atoms with Gasteiger partial charge in [0.05, 0.1) is 4.90 Å². The number of aliphatic hydroxyl groups excluding tert-OH is 1. The number of nitrogens with one attached hydrogen (secondary N) is 1. The first-order valence-corrected chi connectivity index (χ1v) is 9.73. The van der Waals surface area contributed by atoms with E-state index in [1.807, 2.05) is 0 Å². The van der Waals surface area contributed by atoms with Gasteiger partial charge in [0, 0.05) is 44.1 Å². The van der Waals surface area contributed by atoms with Crippen molar-refractivity contribution in [2.24, 2.45) is 0 Å². The van der Waals surface area contributed by atoms with Gasteiger partial charge in [0.1, 0.15) is 0 Å². The number of likely N-dealkylation sites (tertiary alicyclic amines) is 1. The minimum atomic E-state index is -3.24. The molecule has 1 aliphatic rings. The Labute approximate surface area is 137 Å². The van der Waals surface area contributed by atoms with E-state index in [9.17, 15) is 13.2 Å². The molecule has 1 aromatic carbocycles. The zero-order valence-electron chi connectivity index (χ0n) is 13.4. The molecule has 0 atom stereocenters. The van der Waals surface area contributed by atoms with Gasteiger partial charge in [-0.1, -0.05) is 0 Å². The zero-order chi connectivity index (χ0) is 16.9. The van der Waals surface area contributed by atoms with Crippen LogP contribution in [-0.2, 0) is 9.84 Å². The van der Waals surface area contributed by atoms with Crippen molar-refractivity contribution >= 4 is 15.7 Å². The van der Waals surface area contributed by atoms with Crippen molar-refractivity contribution in [3.05, 3.63) is 29.8 Å². The number of benzene rings is 1. The van der Waals surface area contributed by atoms with Crippen molar-refractivity contribution in [2.45, 2.75) is 30.2 Å². The van der Waals surface area contributed by atoms with Crippen molar-refractivity contribution in [3.8, 4) is 0 Å². The number of sulfone groups is 1. The van der Waals surface area contributed by atoms with Gasteiger partial charge in [-0.2, -0.15) is 0 Å². The molecule has 0 unspecified atom stereocenters. The number of carbonyl (C=O) groups is 1. The van der Waals surface area contributed by atoms with Gasteiger partial charge >= 0.3 is 0 Å². The van der Waals surface area contributed by atoms with Crippen LogP contribution in [0.1, 0.15) is 29.6 Å². The number of carbonyl (C=O) groups excluding carboxylic acids is 1. The number of hydrogen-bond acceptors (Lipinski definition) is 5. The monoisotopic (exact) mass is 340 g/mol. The van der Waals surface area contributed by atoms with Gasteiger partial charge in [-0.25, -0.2) is 8.42 Å². The highest BCUT2D eigenvalue weighted by Gasteiger charge is 2.21. The highest BCUT2D eigenvalue weighted by molar-refractivity contribution is 7.90. The lowest BCUT2D eigenvalue weighted by atomic mass is 10.0. The summed E-state index contributed by atoms with van der Waals surface area (Å²) in [5.41, 5.74) is 0.472. The van der Waals surface area contributed by atoms with E-state index in [-0.39, 0.29) is 23.5 Å². The third kappa shape index (κ3) is 5.30. The molecule has 0 bridgehead atoms. The lowest BCUT2D eigenvalue weighted by Crippen LogP contribution is -2.44. The lowest BCUT2D eigenvalue weighted by Gasteiger charge is -2.32. The summed E-state index contributed by atoms with van der Waals surface area (Å²) in [6.45, 7) is 2.93. The third-order valence-corrected chi connectivity index (χ3v) is 5.23. The van der Waals surface area contributed by atoms with E-state index in [0.717, 1.165) is 45.2 Å². The van der Waals surface area contributed by atoms with Gasteiger partial charge < -0.3 is 15.3 Å². The molecule has 2 N–H and O–H groups in total. The van der Waals surface area contributed by atoms with E-state index >= 15 is 0 Å². The molecule has 0 saturated carbocycles. The number of amides is 1. The number of hydrogen-bond donors (Lipinski definition) is 2. The number of piperidine rings is 1. The molecule has 0 aliphatic carbocycles. The molecule has 0 radical (unpaired) electrons. The number of aliphatic hydroxyl groups is 1. The van der Waals surface area contributed by atoms with Gasteiger partial charge in [0.25, 0.3) is 5.91 Å². The zero-order valence-corrected chi connectivity index (χ0v) is 14.2. The second-order valence-corrected chi connectivity index (χ2v) is 7.98. The first-order chi connectivity index (χ1) is 10.9. The van der Waals surface area contributed by atoms with E-state index < -0.39 is 9.84 Å². The summed E-state index contributed by atoms with van der Waals surface area (Å²) >= 11 is 0. The lowest BCUT2D eigenvalue weighted by molar-refractivity contribution is 0.0909. The predicted molar refractivity (Wildman–Crippen MR) is 88.2 cm³/mol. The number of nitrogens with zero attached hydrogens (tertiary/aromatic N) is 1. The molecule has 7 heteroatoms. The number of rotatable bonds is 6. The van der Waals surface area contributed by atoms with E-state index in [4.69, 9.17) is 5.11 Å². The molecule has 128 valence electrons. The molecule has 2 rings (SSSR count). The maximum absolute atomic E-state index is 12.2. The smallest absolute Gasteiger partial charge is 0.251 e. The van der Waals surface area contributed by atoms with E-state index in [2.05, 4.69) is 10.2 Å². The Hall–Kier alpha value is -1.44. The molecule has 1 fully saturated rings. The molecule has 23 heavy (non-hydrogen) atoms. The summed E-state index contributed by atoms with van der Waals surface area (Å²) in [5.74, 6) is -0.168. The van der Waals surface area contributed by atoms with Crippen LogP contribution in [0.4, 0.5) is 0 Å². The average molecular weight is 340 g/mol. The topological polar surface area (TPSA) is 86.7 Å². The second-order valence-electron chi connectivity index (χ2n) is 5.96. The minimum Gasteiger partial charge on any atom is -0.396 e. The molecule has 1 aliphatic heterocycles. The Morgan fingerprint density at radius 3 is 2.39 bits per heavy atom. The van der Waals surface area contributed by atoms with Crippen LogP contribution >= 0.6 is 0 Å². The molecule has 6 nitrogen and oxygen atoms in total. The van der Waals surface area contributed by atoms with Gasteiger partial charge in [0.2, 0.25) is 0 Å². The average Bonchev–Trinajstić information content (AvgIpc) is 2.53. The largest absolute Gasteiger partial charge is 0.396 e. The minimum absolute atomic E-state index is 0.141. The summed E-state index contributed by atoms with van der Waals surface area (Å²) in [4.78, 5) is 14.7. The van der Waals surface area contributed by atoms with Crippen LogP contribution in [0.5, 0.6) is 0 Å². The van der Waals surface area contributed by atoms with E-state index in [1.54, 1.807) is 12.1 Å². The Bertz CT molecular complexity index is 620. The van der Waals surface area contributed by atoms with Gasteiger partial charge in [-0.15, -0.1) is 0 Å². The highest BCUT2D eigenvalue weighted by atomic mass is 32.2. The summed E-state index contributed by atoms with van der Waals surface area (Å²) in [7, 11) is -3.24. The highest BCUT2D eigenvalue weighted by Crippen LogP contribution is 2.13. The Balaban J connectivity index is 1.86. The Morgan fingerprint density at radius 2 is 1.87 bits per heavy atom. The van der Waals surface area contributed by atoms with Gasteiger partial charge in [0.15, 0.2) is 9.84 Å². The summed E-state index contributed by atoms with van der Waals surface area (Å²) in [6, 6.07) is 6.15.